The van der Waals surface area contributed by atoms with Crippen molar-refractivity contribution < 1.29 is 19.1 Å². The van der Waals surface area contributed by atoms with Crippen LogP contribution in [0.4, 0.5) is 0 Å². The molecule has 0 aromatic heterocycles. The van der Waals surface area contributed by atoms with E-state index in [-0.39, 0.29) is 18.0 Å². The Labute approximate surface area is 343 Å². The van der Waals surface area contributed by atoms with Gasteiger partial charge in [0.2, 0.25) is 0 Å². The smallest absolute Gasteiger partial charge is 0.306 e. The van der Waals surface area contributed by atoms with E-state index in [4.69, 9.17) is 9.47 Å². The Kier molecular flexibility index (Phi) is 37.4. The first-order valence-electron chi connectivity index (χ1n) is 24.6. The minimum absolute atomic E-state index is 0.00803. The highest BCUT2D eigenvalue weighted by molar-refractivity contribution is 5.69. The SMILES string of the molecule is CCCCCCCCC(CCCCCCCC)OC(=O)CCCCCCCN(CCN1CCNCC1)C(CCC)CCCCCC(=O)OCCCCCCC. The van der Waals surface area contributed by atoms with Gasteiger partial charge in [-0.25, -0.2) is 0 Å². The second-order valence-corrected chi connectivity index (χ2v) is 17.0. The van der Waals surface area contributed by atoms with Crippen molar-refractivity contribution in [2.75, 3.05) is 52.4 Å². The van der Waals surface area contributed by atoms with E-state index >= 15 is 0 Å². The number of unbranched alkanes of at least 4 members (excludes halogenated alkanes) is 20. The van der Waals surface area contributed by atoms with Crippen LogP contribution in [0.5, 0.6) is 0 Å². The molecule has 0 aromatic carbocycles. The largest absolute Gasteiger partial charge is 0.466 e. The quantitative estimate of drug-likeness (QED) is 0.0489. The van der Waals surface area contributed by atoms with E-state index in [0.717, 1.165) is 84.2 Å². The summed E-state index contributed by atoms with van der Waals surface area (Å²) in [6, 6.07) is 0.624. The molecular weight excluding hydrogens is 683 g/mol. The fourth-order valence-electron chi connectivity index (χ4n) is 8.24. The van der Waals surface area contributed by atoms with E-state index in [1.165, 1.54) is 154 Å². The number of nitrogens with one attached hydrogen (secondary N) is 1. The molecule has 1 saturated heterocycles. The van der Waals surface area contributed by atoms with Gasteiger partial charge < -0.3 is 14.8 Å². The topological polar surface area (TPSA) is 71.1 Å². The van der Waals surface area contributed by atoms with Gasteiger partial charge in [0.1, 0.15) is 6.10 Å². The van der Waals surface area contributed by atoms with E-state index in [0.29, 0.717) is 25.5 Å². The molecule has 1 N–H and O–H groups in total. The van der Waals surface area contributed by atoms with Gasteiger partial charge in [0.05, 0.1) is 6.61 Å². The summed E-state index contributed by atoms with van der Waals surface area (Å²) in [7, 11) is 0. The van der Waals surface area contributed by atoms with Crippen LogP contribution in [0.3, 0.4) is 0 Å². The standard InChI is InChI=1S/C48H95N3O4/c1-5-9-12-15-18-25-33-46(34-26-19-16-13-10-6-2)55-48(53)36-27-20-17-21-29-39-51(43-42-50-40-37-49-38-41-50)45(31-8-4)32-24-23-28-35-47(52)54-44-30-22-14-11-7-3/h45-46,49H,5-44H2,1-4H3. The van der Waals surface area contributed by atoms with Gasteiger partial charge >= 0.3 is 11.9 Å². The average molecular weight is 778 g/mol. The minimum atomic E-state index is -0.00803. The maximum Gasteiger partial charge on any atom is 0.306 e. The van der Waals surface area contributed by atoms with E-state index in [2.05, 4.69) is 42.8 Å². The van der Waals surface area contributed by atoms with Crippen LogP contribution < -0.4 is 5.32 Å². The molecule has 1 atom stereocenters. The Morgan fingerprint density at radius 3 is 1.62 bits per heavy atom. The lowest BCUT2D eigenvalue weighted by atomic mass is 10.0. The first kappa shape index (κ1) is 51.8. The normalized spacial score (nSPS) is 14.2. The lowest BCUT2D eigenvalue weighted by Crippen LogP contribution is -2.48. The molecule has 0 radical (unpaired) electrons. The van der Waals surface area contributed by atoms with Crippen LogP contribution in [-0.4, -0.2) is 86.3 Å². The molecule has 1 fully saturated rings. The molecule has 7 heteroatoms. The number of carbonyl (C=O) groups is 2. The van der Waals surface area contributed by atoms with Gasteiger partial charge in [0.25, 0.3) is 0 Å². The van der Waals surface area contributed by atoms with E-state index in [9.17, 15) is 9.59 Å². The number of ether oxygens (including phenoxy) is 2. The Bertz CT molecular complexity index is 820. The molecule has 1 aliphatic rings. The highest BCUT2D eigenvalue weighted by atomic mass is 16.5. The molecule has 0 bridgehead atoms. The van der Waals surface area contributed by atoms with Gasteiger partial charge in [0, 0.05) is 58.2 Å². The number of carbonyl (C=O) groups excluding carboxylic acids is 2. The first-order chi connectivity index (χ1) is 27.0. The Balaban J connectivity index is 2.44. The molecule has 1 heterocycles. The van der Waals surface area contributed by atoms with Crippen molar-refractivity contribution in [1.82, 2.24) is 15.1 Å². The molecule has 7 nitrogen and oxygen atoms in total. The monoisotopic (exact) mass is 778 g/mol. The highest BCUT2D eigenvalue weighted by Gasteiger charge is 2.20. The third kappa shape index (κ3) is 32.5. The lowest BCUT2D eigenvalue weighted by molar-refractivity contribution is -0.150. The summed E-state index contributed by atoms with van der Waals surface area (Å²) in [6.45, 7) is 17.7. The number of nitrogens with zero attached hydrogens (tertiary/aromatic N) is 2. The summed E-state index contributed by atoms with van der Waals surface area (Å²) in [5.74, 6) is 0.0319. The Morgan fingerprint density at radius 1 is 0.527 bits per heavy atom. The van der Waals surface area contributed by atoms with Crippen molar-refractivity contribution >= 4 is 11.9 Å². The van der Waals surface area contributed by atoms with Crippen LogP contribution in [0.1, 0.15) is 233 Å². The molecule has 0 aromatic rings. The second kappa shape index (κ2) is 39.6. The fourth-order valence-corrected chi connectivity index (χ4v) is 8.24. The summed E-state index contributed by atoms with van der Waals surface area (Å²) in [5, 5.41) is 3.50. The number of hydrogen-bond acceptors (Lipinski definition) is 7. The van der Waals surface area contributed by atoms with Gasteiger partial charge in [-0.05, 0) is 70.8 Å². The molecule has 1 aliphatic heterocycles. The van der Waals surface area contributed by atoms with Crippen LogP contribution in [0.2, 0.25) is 0 Å². The number of piperazine rings is 1. The van der Waals surface area contributed by atoms with Crippen molar-refractivity contribution in [1.29, 1.82) is 0 Å². The Hall–Kier alpha value is -1.18. The second-order valence-electron chi connectivity index (χ2n) is 17.0. The first-order valence-corrected chi connectivity index (χ1v) is 24.6. The average Bonchev–Trinajstić information content (AvgIpc) is 3.19. The molecule has 0 saturated carbocycles. The molecule has 1 rings (SSSR count). The zero-order valence-electron chi connectivity index (χ0n) is 37.5. The van der Waals surface area contributed by atoms with Gasteiger partial charge in [-0.2, -0.15) is 0 Å². The maximum absolute atomic E-state index is 12.9. The van der Waals surface area contributed by atoms with Crippen molar-refractivity contribution in [3.63, 3.8) is 0 Å². The van der Waals surface area contributed by atoms with E-state index in [1.54, 1.807) is 0 Å². The molecule has 0 aliphatic carbocycles. The van der Waals surface area contributed by atoms with Crippen molar-refractivity contribution in [3.8, 4) is 0 Å². The number of hydrogen-bond donors (Lipinski definition) is 1. The summed E-state index contributed by atoms with van der Waals surface area (Å²) in [5.41, 5.74) is 0. The number of rotatable bonds is 41. The van der Waals surface area contributed by atoms with Crippen LogP contribution >= 0.6 is 0 Å². The van der Waals surface area contributed by atoms with Gasteiger partial charge in [-0.3, -0.25) is 19.4 Å². The summed E-state index contributed by atoms with van der Waals surface area (Å²) in [6.07, 6.45) is 37.5. The zero-order chi connectivity index (χ0) is 39.9. The third-order valence-corrected chi connectivity index (χ3v) is 11.9. The lowest BCUT2D eigenvalue weighted by Gasteiger charge is -2.35. The van der Waals surface area contributed by atoms with Crippen molar-refractivity contribution in [3.05, 3.63) is 0 Å². The van der Waals surface area contributed by atoms with Crippen LogP contribution in [0.15, 0.2) is 0 Å². The highest BCUT2D eigenvalue weighted by Crippen LogP contribution is 2.20. The van der Waals surface area contributed by atoms with Crippen LogP contribution in [0, 0.1) is 0 Å². The summed E-state index contributed by atoms with van der Waals surface area (Å²) in [4.78, 5) is 30.6. The van der Waals surface area contributed by atoms with Crippen LogP contribution in [-0.2, 0) is 19.1 Å². The third-order valence-electron chi connectivity index (χ3n) is 11.9. The van der Waals surface area contributed by atoms with Gasteiger partial charge in [0.15, 0.2) is 0 Å². The fraction of sp³-hybridized carbons (Fsp3) is 0.958. The number of esters is 2. The predicted octanol–water partition coefficient (Wildman–Crippen LogP) is 12.6. The Morgan fingerprint density at radius 2 is 1.02 bits per heavy atom. The molecule has 1 unspecified atom stereocenters. The molecule has 0 amide bonds. The van der Waals surface area contributed by atoms with Crippen molar-refractivity contribution in [2.24, 2.45) is 0 Å². The van der Waals surface area contributed by atoms with Crippen LogP contribution in [0.25, 0.3) is 0 Å². The van der Waals surface area contributed by atoms with Gasteiger partial charge in [-0.15, -0.1) is 0 Å². The zero-order valence-corrected chi connectivity index (χ0v) is 37.5. The van der Waals surface area contributed by atoms with Crippen molar-refractivity contribution in [2.45, 2.75) is 245 Å². The summed E-state index contributed by atoms with van der Waals surface area (Å²) < 4.78 is 11.6. The molecule has 326 valence electrons. The predicted molar refractivity (Wildman–Crippen MR) is 236 cm³/mol. The van der Waals surface area contributed by atoms with Gasteiger partial charge in [-0.1, -0.05) is 156 Å². The molecular formula is C48H95N3O4. The molecule has 0 spiro atoms. The summed E-state index contributed by atoms with van der Waals surface area (Å²) >= 11 is 0. The van der Waals surface area contributed by atoms with E-state index < -0.39 is 0 Å². The maximum atomic E-state index is 12.9. The minimum Gasteiger partial charge on any atom is -0.466 e. The molecule has 55 heavy (non-hydrogen) atoms. The van der Waals surface area contributed by atoms with E-state index in [1.807, 2.05) is 0 Å².